The van der Waals surface area contributed by atoms with Gasteiger partial charge in [-0.1, -0.05) is 18.7 Å². The van der Waals surface area contributed by atoms with Crippen LogP contribution >= 0.6 is 11.8 Å². The van der Waals surface area contributed by atoms with Crippen LogP contribution in [0.3, 0.4) is 0 Å². The average molecular weight is 253 g/mol. The zero-order valence-corrected chi connectivity index (χ0v) is 9.86. The lowest BCUT2D eigenvalue weighted by Gasteiger charge is -2.05. The van der Waals surface area contributed by atoms with Crippen LogP contribution < -0.4 is 5.73 Å². The van der Waals surface area contributed by atoms with E-state index in [1.807, 2.05) is 6.92 Å². The van der Waals surface area contributed by atoms with Gasteiger partial charge in [0.15, 0.2) is 16.6 Å². The maximum Gasteiger partial charge on any atom is 0.317 e. The second-order valence-electron chi connectivity index (χ2n) is 3.35. The highest BCUT2D eigenvalue weighted by molar-refractivity contribution is 8.00. The number of thioether (sulfide) groups is 1. The third-order valence-electron chi connectivity index (χ3n) is 2.20. The third-order valence-corrected chi connectivity index (χ3v) is 3.43. The van der Waals surface area contributed by atoms with Gasteiger partial charge >= 0.3 is 5.97 Å². The number of fused-ring (bicyclic) bond motifs is 1. The van der Waals surface area contributed by atoms with Crippen molar-refractivity contribution < 1.29 is 9.90 Å². The van der Waals surface area contributed by atoms with Crippen molar-refractivity contribution in [2.24, 2.45) is 0 Å². The van der Waals surface area contributed by atoms with E-state index < -0.39 is 11.2 Å². The number of carbonyl (C=O) groups is 1. The first-order chi connectivity index (χ1) is 8.11. The number of hydrogen-bond acceptors (Lipinski definition) is 6. The Morgan fingerprint density at radius 1 is 1.65 bits per heavy atom. The SMILES string of the molecule is CC[C@H](Sc1nc2ncnc(N)c2[nH]1)C(=O)O. The summed E-state index contributed by atoms with van der Waals surface area (Å²) in [6, 6.07) is 0. The number of aromatic nitrogens is 4. The number of nitrogens with zero attached hydrogens (tertiary/aromatic N) is 3. The summed E-state index contributed by atoms with van der Waals surface area (Å²) < 4.78 is 0. The summed E-state index contributed by atoms with van der Waals surface area (Å²) >= 11 is 1.14. The van der Waals surface area contributed by atoms with Crippen molar-refractivity contribution in [3.63, 3.8) is 0 Å². The van der Waals surface area contributed by atoms with Gasteiger partial charge in [-0.05, 0) is 6.42 Å². The van der Waals surface area contributed by atoms with Crippen LogP contribution in [0.25, 0.3) is 11.2 Å². The lowest BCUT2D eigenvalue weighted by Crippen LogP contribution is -2.14. The molecule has 0 fully saturated rings. The molecular formula is C9H11N5O2S. The number of rotatable bonds is 4. The van der Waals surface area contributed by atoms with Crippen LogP contribution in [0.1, 0.15) is 13.3 Å². The Morgan fingerprint density at radius 3 is 3.00 bits per heavy atom. The molecule has 0 saturated heterocycles. The predicted molar refractivity (Wildman–Crippen MR) is 63.7 cm³/mol. The highest BCUT2D eigenvalue weighted by Crippen LogP contribution is 2.25. The Morgan fingerprint density at radius 2 is 2.41 bits per heavy atom. The van der Waals surface area contributed by atoms with Crippen LogP contribution in [0.2, 0.25) is 0 Å². The topological polar surface area (TPSA) is 118 Å². The second kappa shape index (κ2) is 4.58. The van der Waals surface area contributed by atoms with Crippen molar-refractivity contribution in [1.29, 1.82) is 0 Å². The molecule has 0 amide bonds. The number of nitrogens with one attached hydrogen (secondary N) is 1. The smallest absolute Gasteiger partial charge is 0.317 e. The van der Waals surface area contributed by atoms with E-state index in [0.717, 1.165) is 11.8 Å². The van der Waals surface area contributed by atoms with Crippen molar-refractivity contribution in [2.45, 2.75) is 23.8 Å². The number of imidazole rings is 1. The molecule has 2 heterocycles. The van der Waals surface area contributed by atoms with Gasteiger partial charge in [-0.15, -0.1) is 0 Å². The summed E-state index contributed by atoms with van der Waals surface area (Å²) in [6.07, 6.45) is 1.83. The molecule has 0 bridgehead atoms. The standard InChI is InChI=1S/C9H11N5O2S/c1-2-4(8(15)16)17-9-13-5-6(10)11-3-12-7(5)14-9/h3-4H,2H2,1H3,(H,15,16)(H3,10,11,12,13,14)/t4-/m0/s1. The lowest BCUT2D eigenvalue weighted by molar-refractivity contribution is -0.136. The Hall–Kier alpha value is -1.83. The first kappa shape index (κ1) is 11.6. The summed E-state index contributed by atoms with van der Waals surface area (Å²) in [5.41, 5.74) is 6.63. The van der Waals surface area contributed by atoms with Gasteiger partial charge in [-0.3, -0.25) is 4.79 Å². The quantitative estimate of drug-likeness (QED) is 0.692. The molecule has 2 aromatic rings. The third kappa shape index (κ3) is 2.31. The van der Waals surface area contributed by atoms with E-state index >= 15 is 0 Å². The molecule has 8 heteroatoms. The fourth-order valence-electron chi connectivity index (χ4n) is 1.32. The lowest BCUT2D eigenvalue weighted by atomic mass is 10.3. The first-order valence-electron chi connectivity index (χ1n) is 4.97. The predicted octanol–water partition coefficient (Wildman–Crippen LogP) is 0.890. The van der Waals surface area contributed by atoms with Crippen LogP contribution in [0.15, 0.2) is 11.5 Å². The summed E-state index contributed by atoms with van der Waals surface area (Å²) in [7, 11) is 0. The molecule has 17 heavy (non-hydrogen) atoms. The van der Waals surface area contributed by atoms with Gasteiger partial charge in [-0.25, -0.2) is 15.0 Å². The van der Waals surface area contributed by atoms with Crippen molar-refractivity contribution in [1.82, 2.24) is 19.9 Å². The van der Waals surface area contributed by atoms with E-state index in [1.54, 1.807) is 0 Å². The maximum atomic E-state index is 10.9. The summed E-state index contributed by atoms with van der Waals surface area (Å²) in [4.78, 5) is 25.8. The van der Waals surface area contributed by atoms with Gasteiger partial charge in [0.25, 0.3) is 0 Å². The number of aromatic amines is 1. The van der Waals surface area contributed by atoms with Crippen LogP contribution in [-0.2, 0) is 4.79 Å². The highest BCUT2D eigenvalue weighted by Gasteiger charge is 2.19. The molecule has 0 unspecified atom stereocenters. The highest BCUT2D eigenvalue weighted by atomic mass is 32.2. The molecule has 2 aromatic heterocycles. The number of carboxylic acid groups (broad SMARTS) is 1. The molecule has 0 aromatic carbocycles. The normalized spacial score (nSPS) is 12.8. The molecule has 2 rings (SSSR count). The number of hydrogen-bond donors (Lipinski definition) is 3. The first-order valence-corrected chi connectivity index (χ1v) is 5.85. The molecule has 0 spiro atoms. The Labute approximate surface area is 101 Å². The van der Waals surface area contributed by atoms with Gasteiger partial charge in [-0.2, -0.15) is 0 Å². The largest absolute Gasteiger partial charge is 0.480 e. The Kier molecular flexibility index (Phi) is 3.14. The molecule has 1 atom stereocenters. The van der Waals surface area contributed by atoms with E-state index in [1.165, 1.54) is 6.33 Å². The van der Waals surface area contributed by atoms with Crippen molar-refractivity contribution in [2.75, 3.05) is 5.73 Å². The monoisotopic (exact) mass is 253 g/mol. The number of H-pyrrole nitrogens is 1. The number of aliphatic carboxylic acids is 1. The molecule has 0 radical (unpaired) electrons. The average Bonchev–Trinajstić information content (AvgIpc) is 2.69. The van der Waals surface area contributed by atoms with Gasteiger partial charge in [0, 0.05) is 0 Å². The minimum absolute atomic E-state index is 0.303. The Bertz CT molecular complexity index is 555. The zero-order valence-electron chi connectivity index (χ0n) is 9.04. The number of anilines is 1. The molecule has 4 N–H and O–H groups in total. The molecule has 0 saturated carbocycles. The van der Waals surface area contributed by atoms with E-state index in [-0.39, 0.29) is 0 Å². The van der Waals surface area contributed by atoms with Gasteiger partial charge < -0.3 is 15.8 Å². The number of carboxylic acids is 1. The van der Waals surface area contributed by atoms with Crippen LogP contribution in [-0.4, -0.2) is 36.3 Å². The zero-order chi connectivity index (χ0) is 12.4. The minimum Gasteiger partial charge on any atom is -0.480 e. The van der Waals surface area contributed by atoms with Crippen LogP contribution in [0.4, 0.5) is 5.82 Å². The maximum absolute atomic E-state index is 10.9. The second-order valence-corrected chi connectivity index (χ2v) is 4.54. The van der Waals surface area contributed by atoms with Crippen molar-refractivity contribution >= 4 is 34.7 Å². The number of nitrogens with two attached hydrogens (primary N) is 1. The molecule has 0 aliphatic carbocycles. The van der Waals surface area contributed by atoms with E-state index in [0.29, 0.717) is 28.6 Å². The van der Waals surface area contributed by atoms with Crippen LogP contribution in [0, 0.1) is 0 Å². The molecule has 7 nitrogen and oxygen atoms in total. The van der Waals surface area contributed by atoms with Gasteiger partial charge in [0.2, 0.25) is 0 Å². The fraction of sp³-hybridized carbons (Fsp3) is 0.333. The summed E-state index contributed by atoms with van der Waals surface area (Å²) in [5.74, 6) is -0.560. The van der Waals surface area contributed by atoms with Crippen molar-refractivity contribution in [3.8, 4) is 0 Å². The van der Waals surface area contributed by atoms with Crippen LogP contribution in [0.5, 0.6) is 0 Å². The summed E-state index contributed by atoms with van der Waals surface area (Å²) in [6.45, 7) is 1.81. The van der Waals surface area contributed by atoms with Crippen molar-refractivity contribution in [3.05, 3.63) is 6.33 Å². The molecule has 0 aliphatic rings. The molecule has 0 aliphatic heterocycles. The van der Waals surface area contributed by atoms with E-state index in [2.05, 4.69) is 19.9 Å². The minimum atomic E-state index is -0.864. The molecule has 90 valence electrons. The van der Waals surface area contributed by atoms with Gasteiger partial charge in [0.1, 0.15) is 17.1 Å². The van der Waals surface area contributed by atoms with Gasteiger partial charge in [0.05, 0.1) is 0 Å². The fourth-order valence-corrected chi connectivity index (χ4v) is 2.16. The van der Waals surface area contributed by atoms with E-state index in [9.17, 15) is 4.79 Å². The Balaban J connectivity index is 2.31. The molecular weight excluding hydrogens is 242 g/mol. The number of nitrogen functional groups attached to an aromatic ring is 1. The van der Waals surface area contributed by atoms with E-state index in [4.69, 9.17) is 10.8 Å². The summed E-state index contributed by atoms with van der Waals surface area (Å²) in [5, 5.41) is 8.90.